The number of terminal acetylenes is 1. The van der Waals surface area contributed by atoms with Gasteiger partial charge in [0.25, 0.3) is 0 Å². The predicted molar refractivity (Wildman–Crippen MR) is 59.3 cm³/mol. The number of rotatable bonds is 5. The van der Waals surface area contributed by atoms with Gasteiger partial charge in [0, 0.05) is 6.42 Å². The minimum atomic E-state index is -0.802. The standard InChI is InChI=1S/C13H14O2/c1-2-6-12(13(14)15)10-9-11-7-4-3-5-8-11/h1,3-5,7-8,12H,6,9-10H2,(H,14,15)/t12-/m0/s1. The van der Waals surface area contributed by atoms with Gasteiger partial charge in [-0.2, -0.15) is 0 Å². The van der Waals surface area contributed by atoms with E-state index in [-0.39, 0.29) is 0 Å². The molecule has 78 valence electrons. The average molecular weight is 202 g/mol. The molecule has 0 spiro atoms. The van der Waals surface area contributed by atoms with Crippen LogP contribution in [-0.2, 0) is 11.2 Å². The number of carboxylic acids is 1. The number of carboxylic acid groups (broad SMARTS) is 1. The minimum absolute atomic E-state index is 0.308. The first-order valence-corrected chi connectivity index (χ1v) is 4.94. The third-order valence-electron chi connectivity index (χ3n) is 2.34. The Morgan fingerprint density at radius 2 is 2.07 bits per heavy atom. The monoisotopic (exact) mass is 202 g/mol. The second-order valence-electron chi connectivity index (χ2n) is 3.47. The molecule has 0 aliphatic carbocycles. The zero-order chi connectivity index (χ0) is 11.1. The van der Waals surface area contributed by atoms with E-state index in [1.165, 1.54) is 0 Å². The summed E-state index contributed by atoms with van der Waals surface area (Å²) in [6.07, 6.45) is 6.79. The van der Waals surface area contributed by atoms with Gasteiger partial charge >= 0.3 is 5.97 Å². The molecular weight excluding hydrogens is 188 g/mol. The van der Waals surface area contributed by atoms with Gasteiger partial charge in [-0.1, -0.05) is 30.3 Å². The van der Waals surface area contributed by atoms with E-state index in [2.05, 4.69) is 5.92 Å². The molecule has 1 atom stereocenters. The molecule has 0 saturated heterocycles. The number of carbonyl (C=O) groups is 1. The summed E-state index contributed by atoms with van der Waals surface area (Å²) in [5, 5.41) is 8.89. The Morgan fingerprint density at radius 1 is 1.40 bits per heavy atom. The van der Waals surface area contributed by atoms with Crippen molar-refractivity contribution in [3.05, 3.63) is 35.9 Å². The fraction of sp³-hybridized carbons (Fsp3) is 0.308. The normalized spacial score (nSPS) is 11.7. The van der Waals surface area contributed by atoms with Gasteiger partial charge in [0.1, 0.15) is 0 Å². The molecule has 0 aliphatic rings. The van der Waals surface area contributed by atoms with Crippen LogP contribution < -0.4 is 0 Å². The van der Waals surface area contributed by atoms with Crippen molar-refractivity contribution in [2.24, 2.45) is 5.92 Å². The summed E-state index contributed by atoms with van der Waals surface area (Å²) in [4.78, 5) is 10.8. The van der Waals surface area contributed by atoms with Crippen LogP contribution in [0.3, 0.4) is 0 Å². The molecular formula is C13H14O2. The Kier molecular flexibility index (Phi) is 4.43. The van der Waals surface area contributed by atoms with Crippen LogP contribution in [0.15, 0.2) is 30.3 Å². The summed E-state index contributed by atoms with van der Waals surface area (Å²) in [7, 11) is 0. The molecule has 0 aliphatic heterocycles. The van der Waals surface area contributed by atoms with E-state index in [0.29, 0.717) is 12.8 Å². The molecule has 2 nitrogen and oxygen atoms in total. The van der Waals surface area contributed by atoms with E-state index in [9.17, 15) is 4.79 Å². The fourth-order valence-electron chi connectivity index (χ4n) is 1.44. The Morgan fingerprint density at radius 3 is 2.60 bits per heavy atom. The average Bonchev–Trinajstić information content (AvgIpc) is 2.25. The number of hydrogen-bond acceptors (Lipinski definition) is 1. The van der Waals surface area contributed by atoms with Crippen LogP contribution in [0.5, 0.6) is 0 Å². The molecule has 1 aromatic rings. The third kappa shape index (κ3) is 3.86. The first-order chi connectivity index (χ1) is 7.24. The lowest BCUT2D eigenvalue weighted by Crippen LogP contribution is -2.13. The zero-order valence-electron chi connectivity index (χ0n) is 8.52. The van der Waals surface area contributed by atoms with Gasteiger partial charge in [-0.15, -0.1) is 12.3 Å². The molecule has 0 aromatic heterocycles. The SMILES string of the molecule is C#CC[C@@H](CCc1ccccc1)C(=O)O. The lowest BCUT2D eigenvalue weighted by molar-refractivity contribution is -0.141. The van der Waals surface area contributed by atoms with Crippen LogP contribution in [0.25, 0.3) is 0 Å². The van der Waals surface area contributed by atoms with E-state index in [0.717, 1.165) is 12.0 Å². The maximum atomic E-state index is 10.8. The summed E-state index contributed by atoms with van der Waals surface area (Å²) in [6, 6.07) is 9.84. The van der Waals surface area contributed by atoms with E-state index in [1.807, 2.05) is 30.3 Å². The highest BCUT2D eigenvalue weighted by Gasteiger charge is 2.15. The molecule has 1 aromatic carbocycles. The van der Waals surface area contributed by atoms with Crippen molar-refractivity contribution in [1.82, 2.24) is 0 Å². The first kappa shape index (κ1) is 11.3. The lowest BCUT2D eigenvalue weighted by Gasteiger charge is -2.08. The number of aliphatic carboxylic acids is 1. The van der Waals surface area contributed by atoms with Crippen molar-refractivity contribution in [2.45, 2.75) is 19.3 Å². The molecule has 0 saturated carbocycles. The molecule has 1 N–H and O–H groups in total. The molecule has 15 heavy (non-hydrogen) atoms. The van der Waals surface area contributed by atoms with Crippen LogP contribution in [0.2, 0.25) is 0 Å². The Hall–Kier alpha value is -1.75. The number of hydrogen-bond donors (Lipinski definition) is 1. The van der Waals surface area contributed by atoms with E-state index < -0.39 is 11.9 Å². The van der Waals surface area contributed by atoms with Crippen LogP contribution >= 0.6 is 0 Å². The Bertz CT molecular complexity index is 349. The van der Waals surface area contributed by atoms with Crippen molar-refractivity contribution in [3.8, 4) is 12.3 Å². The van der Waals surface area contributed by atoms with Crippen molar-refractivity contribution in [2.75, 3.05) is 0 Å². The highest BCUT2D eigenvalue weighted by Crippen LogP contribution is 2.13. The highest BCUT2D eigenvalue weighted by molar-refractivity contribution is 5.70. The lowest BCUT2D eigenvalue weighted by atomic mass is 9.97. The summed E-state index contributed by atoms with van der Waals surface area (Å²) >= 11 is 0. The van der Waals surface area contributed by atoms with Crippen LogP contribution in [0.1, 0.15) is 18.4 Å². The molecule has 0 fully saturated rings. The summed E-state index contributed by atoms with van der Waals surface area (Å²) in [6.45, 7) is 0. The Labute approximate surface area is 89.9 Å². The summed E-state index contributed by atoms with van der Waals surface area (Å²) in [5.74, 6) is 1.18. The van der Waals surface area contributed by atoms with Gasteiger partial charge in [0.15, 0.2) is 0 Å². The molecule has 0 heterocycles. The number of benzene rings is 1. The van der Waals surface area contributed by atoms with E-state index in [1.54, 1.807) is 0 Å². The molecule has 0 amide bonds. The largest absolute Gasteiger partial charge is 0.481 e. The maximum Gasteiger partial charge on any atom is 0.307 e. The second-order valence-corrected chi connectivity index (χ2v) is 3.47. The van der Waals surface area contributed by atoms with Crippen LogP contribution in [-0.4, -0.2) is 11.1 Å². The van der Waals surface area contributed by atoms with Gasteiger partial charge in [-0.05, 0) is 18.4 Å². The first-order valence-electron chi connectivity index (χ1n) is 4.94. The van der Waals surface area contributed by atoms with Crippen LogP contribution in [0.4, 0.5) is 0 Å². The van der Waals surface area contributed by atoms with Crippen molar-refractivity contribution >= 4 is 5.97 Å². The smallest absolute Gasteiger partial charge is 0.307 e. The van der Waals surface area contributed by atoms with Gasteiger partial charge < -0.3 is 5.11 Å². The van der Waals surface area contributed by atoms with Crippen molar-refractivity contribution in [1.29, 1.82) is 0 Å². The topological polar surface area (TPSA) is 37.3 Å². The Balaban J connectivity index is 2.48. The van der Waals surface area contributed by atoms with Gasteiger partial charge in [-0.25, -0.2) is 0 Å². The molecule has 2 heteroatoms. The maximum absolute atomic E-state index is 10.8. The van der Waals surface area contributed by atoms with E-state index >= 15 is 0 Å². The van der Waals surface area contributed by atoms with Gasteiger partial charge in [-0.3, -0.25) is 4.79 Å². The zero-order valence-corrected chi connectivity index (χ0v) is 8.52. The minimum Gasteiger partial charge on any atom is -0.481 e. The molecule has 0 unspecified atom stereocenters. The predicted octanol–water partition coefficient (Wildman–Crippen LogP) is 2.34. The summed E-state index contributed by atoms with van der Waals surface area (Å²) in [5.41, 5.74) is 1.15. The molecule has 1 rings (SSSR count). The van der Waals surface area contributed by atoms with Crippen molar-refractivity contribution < 1.29 is 9.90 Å². The summed E-state index contributed by atoms with van der Waals surface area (Å²) < 4.78 is 0. The highest BCUT2D eigenvalue weighted by atomic mass is 16.4. The molecule has 0 bridgehead atoms. The quantitative estimate of drug-likeness (QED) is 0.744. The van der Waals surface area contributed by atoms with E-state index in [4.69, 9.17) is 11.5 Å². The van der Waals surface area contributed by atoms with Crippen LogP contribution in [0, 0.1) is 18.3 Å². The number of aryl methyl sites for hydroxylation is 1. The van der Waals surface area contributed by atoms with Gasteiger partial charge in [0.2, 0.25) is 0 Å². The van der Waals surface area contributed by atoms with Gasteiger partial charge in [0.05, 0.1) is 5.92 Å². The molecule has 0 radical (unpaired) electrons. The fourth-order valence-corrected chi connectivity index (χ4v) is 1.44. The second kappa shape index (κ2) is 5.87. The third-order valence-corrected chi connectivity index (χ3v) is 2.34. The van der Waals surface area contributed by atoms with Crippen molar-refractivity contribution in [3.63, 3.8) is 0 Å².